The first-order chi connectivity index (χ1) is 13.0. The number of para-hydroxylation sites is 1. The normalized spacial score (nSPS) is 16.1. The zero-order chi connectivity index (χ0) is 19.6. The number of carbonyl (C=O) groups is 1. The molecule has 5 nitrogen and oxygen atoms in total. The highest BCUT2D eigenvalue weighted by molar-refractivity contribution is 6.32. The summed E-state index contributed by atoms with van der Waals surface area (Å²) in [7, 11) is 1.58. The summed E-state index contributed by atoms with van der Waals surface area (Å²) < 4.78 is 11.3. The number of nitrogens with zero attached hydrogens (tertiary/aromatic N) is 1. The number of halogens is 1. The Morgan fingerprint density at radius 2 is 2.00 bits per heavy atom. The maximum atomic E-state index is 13.0. The Labute approximate surface area is 165 Å². The van der Waals surface area contributed by atoms with Gasteiger partial charge in [0.25, 0.3) is 5.91 Å². The van der Waals surface area contributed by atoms with Gasteiger partial charge < -0.3 is 19.7 Å². The van der Waals surface area contributed by atoms with Gasteiger partial charge in [0.05, 0.1) is 23.8 Å². The summed E-state index contributed by atoms with van der Waals surface area (Å²) in [6.45, 7) is 6.56. The van der Waals surface area contributed by atoms with E-state index in [0.29, 0.717) is 28.6 Å². The van der Waals surface area contributed by atoms with Crippen LogP contribution in [0.3, 0.4) is 0 Å². The van der Waals surface area contributed by atoms with E-state index in [4.69, 9.17) is 21.1 Å². The van der Waals surface area contributed by atoms with Gasteiger partial charge in [0, 0.05) is 17.8 Å². The fourth-order valence-corrected chi connectivity index (χ4v) is 3.54. The number of benzene rings is 2. The second-order valence-electron chi connectivity index (χ2n) is 6.79. The first kappa shape index (κ1) is 19.4. The fraction of sp³-hybridized carbons (Fsp3) is 0.381. The second-order valence-corrected chi connectivity index (χ2v) is 7.20. The van der Waals surface area contributed by atoms with E-state index >= 15 is 0 Å². The van der Waals surface area contributed by atoms with Gasteiger partial charge in [-0.05, 0) is 44.5 Å². The van der Waals surface area contributed by atoms with Crippen molar-refractivity contribution in [1.29, 1.82) is 0 Å². The summed E-state index contributed by atoms with van der Waals surface area (Å²) in [6.07, 6.45) is 0.498. The number of carbonyl (C=O) groups excluding carboxylic acids is 1. The van der Waals surface area contributed by atoms with Crippen molar-refractivity contribution in [2.24, 2.45) is 0 Å². The molecule has 0 fully saturated rings. The molecule has 0 radical (unpaired) electrons. The van der Waals surface area contributed by atoms with E-state index in [9.17, 15) is 4.79 Å². The van der Waals surface area contributed by atoms with Crippen molar-refractivity contribution in [2.75, 3.05) is 19.0 Å². The van der Waals surface area contributed by atoms with E-state index < -0.39 is 0 Å². The summed E-state index contributed by atoms with van der Waals surface area (Å²) in [6, 6.07) is 11.3. The molecular weight excluding hydrogens is 364 g/mol. The Morgan fingerprint density at radius 1 is 1.26 bits per heavy atom. The third-order valence-corrected chi connectivity index (χ3v) is 4.69. The summed E-state index contributed by atoms with van der Waals surface area (Å²) in [5.41, 5.74) is 2.35. The number of rotatable bonds is 6. The van der Waals surface area contributed by atoms with E-state index in [-0.39, 0.29) is 18.2 Å². The zero-order valence-corrected chi connectivity index (χ0v) is 16.8. The van der Waals surface area contributed by atoms with Gasteiger partial charge in [-0.2, -0.15) is 0 Å². The van der Waals surface area contributed by atoms with E-state index in [0.717, 1.165) is 17.7 Å². The summed E-state index contributed by atoms with van der Waals surface area (Å²) in [5.74, 6) is 1.08. The molecule has 1 amide bonds. The number of anilines is 1. The van der Waals surface area contributed by atoms with Gasteiger partial charge >= 0.3 is 0 Å². The molecule has 0 bridgehead atoms. The van der Waals surface area contributed by atoms with Crippen LogP contribution in [0.15, 0.2) is 36.4 Å². The summed E-state index contributed by atoms with van der Waals surface area (Å²) in [5, 5.41) is 3.93. The minimum atomic E-state index is -0.327. The van der Waals surface area contributed by atoms with Crippen molar-refractivity contribution in [3.8, 4) is 11.5 Å². The van der Waals surface area contributed by atoms with Gasteiger partial charge in [0.2, 0.25) is 0 Å². The number of hydrogen-bond acceptors (Lipinski definition) is 4. The number of nitrogens with one attached hydrogen (secondary N) is 1. The number of ether oxygens (including phenoxy) is 2. The molecule has 0 saturated carbocycles. The molecule has 0 aliphatic carbocycles. The Morgan fingerprint density at radius 3 is 2.67 bits per heavy atom. The number of fused-ring (bicyclic) bond motifs is 1. The number of hydrogen-bond donors (Lipinski definition) is 1. The molecule has 0 unspecified atom stereocenters. The molecule has 1 aliphatic heterocycles. The third kappa shape index (κ3) is 3.83. The Hall–Kier alpha value is -2.40. The van der Waals surface area contributed by atoms with Crippen LogP contribution in [0.25, 0.3) is 0 Å². The molecule has 2 aromatic rings. The topological polar surface area (TPSA) is 50.8 Å². The lowest BCUT2D eigenvalue weighted by Gasteiger charge is -2.38. The Balaban J connectivity index is 2.05. The van der Waals surface area contributed by atoms with Crippen LogP contribution in [-0.2, 0) is 0 Å². The van der Waals surface area contributed by atoms with Gasteiger partial charge in [0.15, 0.2) is 11.5 Å². The van der Waals surface area contributed by atoms with Gasteiger partial charge in [-0.25, -0.2) is 0 Å². The first-order valence-corrected chi connectivity index (χ1v) is 9.54. The van der Waals surface area contributed by atoms with Crippen LogP contribution in [0.4, 0.5) is 5.69 Å². The van der Waals surface area contributed by atoms with E-state index in [1.54, 1.807) is 7.11 Å². The number of methoxy groups -OCH3 is 1. The minimum absolute atomic E-state index is 0.00814. The lowest BCUT2D eigenvalue weighted by Crippen LogP contribution is -2.43. The molecule has 1 N–H and O–H groups in total. The van der Waals surface area contributed by atoms with E-state index in [1.165, 1.54) is 0 Å². The van der Waals surface area contributed by atoms with Crippen LogP contribution in [-0.4, -0.2) is 30.6 Å². The standard InChI is InChI=1S/C21H25ClN2O3/c1-5-10-24-20(23-17-9-7-6-8-15(17)21(24)25)14-11-16(22)19(27-13(2)3)18(12-14)26-4/h6-9,11-13,20,23H,5,10H2,1-4H3/t20-/m0/s1. The lowest BCUT2D eigenvalue weighted by atomic mass is 10.0. The van der Waals surface area contributed by atoms with E-state index in [1.807, 2.05) is 55.1 Å². The highest BCUT2D eigenvalue weighted by atomic mass is 35.5. The predicted molar refractivity (Wildman–Crippen MR) is 108 cm³/mol. The van der Waals surface area contributed by atoms with Crippen LogP contribution in [0.5, 0.6) is 11.5 Å². The molecule has 2 aromatic carbocycles. The molecule has 0 aromatic heterocycles. The average Bonchev–Trinajstić information content (AvgIpc) is 2.65. The van der Waals surface area contributed by atoms with Crippen LogP contribution < -0.4 is 14.8 Å². The molecule has 27 heavy (non-hydrogen) atoms. The monoisotopic (exact) mass is 388 g/mol. The fourth-order valence-electron chi connectivity index (χ4n) is 3.28. The third-order valence-electron chi connectivity index (χ3n) is 4.41. The zero-order valence-electron chi connectivity index (χ0n) is 16.1. The molecule has 144 valence electrons. The van der Waals surface area contributed by atoms with Gasteiger partial charge in [-0.1, -0.05) is 30.7 Å². The van der Waals surface area contributed by atoms with Crippen LogP contribution in [0, 0.1) is 0 Å². The lowest BCUT2D eigenvalue weighted by molar-refractivity contribution is 0.0683. The quantitative estimate of drug-likeness (QED) is 0.746. The Bertz CT molecular complexity index is 838. The summed E-state index contributed by atoms with van der Waals surface area (Å²) in [4.78, 5) is 14.9. The number of amides is 1. The van der Waals surface area contributed by atoms with Crippen LogP contribution >= 0.6 is 11.6 Å². The van der Waals surface area contributed by atoms with E-state index in [2.05, 4.69) is 12.2 Å². The summed E-state index contributed by atoms with van der Waals surface area (Å²) >= 11 is 6.50. The maximum absolute atomic E-state index is 13.0. The first-order valence-electron chi connectivity index (χ1n) is 9.16. The van der Waals surface area contributed by atoms with Gasteiger partial charge in [0.1, 0.15) is 6.17 Å². The molecule has 1 aliphatic rings. The SMILES string of the molecule is CCCN1C(=O)c2ccccc2N[C@@H]1c1cc(Cl)c(OC(C)C)c(OC)c1. The van der Waals surface area contributed by atoms with Crippen molar-refractivity contribution in [2.45, 2.75) is 39.5 Å². The predicted octanol–water partition coefficient (Wildman–Crippen LogP) is 5.11. The van der Waals surface area contributed by atoms with Crippen molar-refractivity contribution < 1.29 is 14.3 Å². The van der Waals surface area contributed by atoms with Crippen LogP contribution in [0.1, 0.15) is 49.3 Å². The molecule has 0 saturated heterocycles. The molecular formula is C21H25ClN2O3. The minimum Gasteiger partial charge on any atom is -0.493 e. The average molecular weight is 389 g/mol. The Kier molecular flexibility index (Phi) is 5.80. The molecule has 0 spiro atoms. The van der Waals surface area contributed by atoms with Crippen molar-refractivity contribution in [3.63, 3.8) is 0 Å². The molecule has 6 heteroatoms. The maximum Gasteiger partial charge on any atom is 0.257 e. The second kappa shape index (κ2) is 8.09. The van der Waals surface area contributed by atoms with Crippen molar-refractivity contribution in [3.05, 3.63) is 52.5 Å². The molecule has 1 heterocycles. The van der Waals surface area contributed by atoms with Crippen molar-refractivity contribution in [1.82, 2.24) is 4.90 Å². The largest absolute Gasteiger partial charge is 0.493 e. The van der Waals surface area contributed by atoms with Crippen molar-refractivity contribution >= 4 is 23.2 Å². The highest BCUT2D eigenvalue weighted by Crippen LogP contribution is 2.41. The van der Waals surface area contributed by atoms with Gasteiger partial charge in [-0.3, -0.25) is 4.79 Å². The highest BCUT2D eigenvalue weighted by Gasteiger charge is 2.33. The molecule has 3 rings (SSSR count). The smallest absolute Gasteiger partial charge is 0.257 e. The molecule has 1 atom stereocenters. The van der Waals surface area contributed by atoms with Crippen LogP contribution in [0.2, 0.25) is 5.02 Å². The van der Waals surface area contributed by atoms with Gasteiger partial charge in [-0.15, -0.1) is 0 Å².